The highest BCUT2D eigenvalue weighted by Crippen LogP contribution is 2.40. The fourth-order valence-electron chi connectivity index (χ4n) is 3.54. The molecule has 4 nitrogen and oxygen atoms in total. The molecule has 1 amide bonds. The van der Waals surface area contributed by atoms with Crippen molar-refractivity contribution in [1.29, 1.82) is 0 Å². The van der Waals surface area contributed by atoms with Gasteiger partial charge in [0.2, 0.25) is 0 Å². The number of rotatable bonds is 1. The first-order valence-corrected chi connectivity index (χ1v) is 8.25. The van der Waals surface area contributed by atoms with E-state index in [2.05, 4.69) is 29.6 Å². The average Bonchev–Trinajstić information content (AvgIpc) is 2.89. The molecule has 0 aromatic heterocycles. The van der Waals surface area contributed by atoms with Crippen LogP contribution in [0.5, 0.6) is 0 Å². The van der Waals surface area contributed by atoms with Gasteiger partial charge in [-0.1, -0.05) is 18.2 Å². The fraction of sp³-hybridized carbons (Fsp3) is 0.611. The molecule has 0 spiro atoms. The molecule has 1 saturated heterocycles. The molecule has 3 rings (SSSR count). The predicted molar refractivity (Wildman–Crippen MR) is 88.2 cm³/mol. The standard InChI is InChI=1S/C18H26N2O2/c1-18(2,3)22-17(21)20-10-8-13(9-11-20)15-12-19-16-7-5-4-6-14(15)16/h4-7,13,15,19H,8-12H2,1-3H3/t15-/m1/s1. The van der Waals surface area contributed by atoms with Crippen molar-refractivity contribution >= 4 is 11.8 Å². The zero-order valence-corrected chi connectivity index (χ0v) is 13.8. The van der Waals surface area contributed by atoms with Crippen LogP contribution in [0, 0.1) is 5.92 Å². The molecule has 2 aliphatic rings. The van der Waals surface area contributed by atoms with Crippen LogP contribution in [0.1, 0.15) is 45.1 Å². The summed E-state index contributed by atoms with van der Waals surface area (Å²) in [6.07, 6.45) is 1.94. The van der Waals surface area contributed by atoms with Gasteiger partial charge in [-0.05, 0) is 51.2 Å². The van der Waals surface area contributed by atoms with Crippen LogP contribution in [0.2, 0.25) is 0 Å². The summed E-state index contributed by atoms with van der Waals surface area (Å²) in [6, 6.07) is 8.60. The second-order valence-corrected chi connectivity index (χ2v) is 7.38. The number of nitrogens with one attached hydrogen (secondary N) is 1. The molecule has 1 aromatic carbocycles. The number of amides is 1. The van der Waals surface area contributed by atoms with E-state index in [-0.39, 0.29) is 6.09 Å². The van der Waals surface area contributed by atoms with Crippen molar-refractivity contribution < 1.29 is 9.53 Å². The number of likely N-dealkylation sites (tertiary alicyclic amines) is 1. The number of piperidine rings is 1. The maximum absolute atomic E-state index is 12.1. The Hall–Kier alpha value is -1.71. The summed E-state index contributed by atoms with van der Waals surface area (Å²) < 4.78 is 5.47. The minimum absolute atomic E-state index is 0.170. The quantitative estimate of drug-likeness (QED) is 0.857. The van der Waals surface area contributed by atoms with Gasteiger partial charge in [0.1, 0.15) is 5.60 Å². The first kappa shape index (κ1) is 15.2. The van der Waals surface area contributed by atoms with Gasteiger partial charge in [0.05, 0.1) is 0 Å². The first-order chi connectivity index (χ1) is 10.4. The second kappa shape index (κ2) is 5.82. The van der Waals surface area contributed by atoms with E-state index in [0.29, 0.717) is 11.8 Å². The Morgan fingerprint density at radius 3 is 2.59 bits per heavy atom. The van der Waals surface area contributed by atoms with Crippen LogP contribution < -0.4 is 5.32 Å². The molecule has 1 aromatic rings. The van der Waals surface area contributed by atoms with Crippen molar-refractivity contribution in [1.82, 2.24) is 4.90 Å². The molecule has 0 unspecified atom stereocenters. The van der Waals surface area contributed by atoms with Crippen LogP contribution >= 0.6 is 0 Å². The minimum atomic E-state index is -0.414. The highest BCUT2D eigenvalue weighted by Gasteiger charge is 2.34. The lowest BCUT2D eigenvalue weighted by atomic mass is 9.81. The van der Waals surface area contributed by atoms with Crippen molar-refractivity contribution in [2.45, 2.75) is 45.1 Å². The molecular formula is C18H26N2O2. The number of hydrogen-bond donors (Lipinski definition) is 1. The predicted octanol–water partition coefficient (Wildman–Crippen LogP) is 3.84. The van der Waals surface area contributed by atoms with E-state index >= 15 is 0 Å². The van der Waals surface area contributed by atoms with Crippen molar-refractivity contribution in [3.8, 4) is 0 Å². The number of benzene rings is 1. The highest BCUT2D eigenvalue weighted by atomic mass is 16.6. The Morgan fingerprint density at radius 2 is 1.91 bits per heavy atom. The van der Waals surface area contributed by atoms with Gasteiger partial charge >= 0.3 is 6.09 Å². The first-order valence-electron chi connectivity index (χ1n) is 8.25. The molecule has 0 bridgehead atoms. The molecule has 0 radical (unpaired) electrons. The summed E-state index contributed by atoms with van der Waals surface area (Å²) in [7, 11) is 0. The van der Waals surface area contributed by atoms with E-state index in [1.54, 1.807) is 0 Å². The van der Waals surface area contributed by atoms with E-state index in [4.69, 9.17) is 4.74 Å². The van der Waals surface area contributed by atoms with Crippen molar-refractivity contribution in [2.24, 2.45) is 5.92 Å². The van der Waals surface area contributed by atoms with Crippen LogP contribution in [0.3, 0.4) is 0 Å². The number of para-hydroxylation sites is 1. The monoisotopic (exact) mass is 302 g/mol. The number of nitrogens with zero attached hydrogens (tertiary/aromatic N) is 1. The minimum Gasteiger partial charge on any atom is -0.444 e. The van der Waals surface area contributed by atoms with Gasteiger partial charge in [-0.15, -0.1) is 0 Å². The van der Waals surface area contributed by atoms with Crippen LogP contribution in [-0.4, -0.2) is 36.2 Å². The van der Waals surface area contributed by atoms with Crippen LogP contribution in [0.4, 0.5) is 10.5 Å². The van der Waals surface area contributed by atoms with Gasteiger partial charge < -0.3 is 15.0 Å². The number of hydrogen-bond acceptors (Lipinski definition) is 3. The molecule has 2 aliphatic heterocycles. The number of ether oxygens (including phenoxy) is 1. The van der Waals surface area contributed by atoms with Crippen LogP contribution in [0.15, 0.2) is 24.3 Å². The number of anilines is 1. The van der Waals surface area contributed by atoms with E-state index < -0.39 is 5.60 Å². The Morgan fingerprint density at radius 1 is 1.23 bits per heavy atom. The van der Waals surface area contributed by atoms with Gasteiger partial charge in [-0.25, -0.2) is 4.79 Å². The number of carbonyl (C=O) groups is 1. The third kappa shape index (κ3) is 3.21. The average molecular weight is 302 g/mol. The summed E-state index contributed by atoms with van der Waals surface area (Å²) in [5.41, 5.74) is 2.31. The molecule has 4 heteroatoms. The maximum Gasteiger partial charge on any atom is 0.410 e. The second-order valence-electron chi connectivity index (χ2n) is 7.38. The fourth-order valence-corrected chi connectivity index (χ4v) is 3.54. The lowest BCUT2D eigenvalue weighted by molar-refractivity contribution is 0.0176. The molecule has 22 heavy (non-hydrogen) atoms. The van der Waals surface area contributed by atoms with Crippen molar-refractivity contribution in [3.63, 3.8) is 0 Å². The molecule has 1 fully saturated rings. The third-order valence-corrected chi connectivity index (χ3v) is 4.63. The van der Waals surface area contributed by atoms with E-state index in [9.17, 15) is 4.79 Å². The molecule has 0 aliphatic carbocycles. The van der Waals surface area contributed by atoms with Crippen LogP contribution in [-0.2, 0) is 4.74 Å². The lowest BCUT2D eigenvalue weighted by Gasteiger charge is -2.35. The third-order valence-electron chi connectivity index (χ3n) is 4.63. The van der Waals surface area contributed by atoms with Gasteiger partial charge in [0.25, 0.3) is 0 Å². The summed E-state index contributed by atoms with van der Waals surface area (Å²) in [5.74, 6) is 1.23. The Balaban J connectivity index is 1.58. The zero-order valence-electron chi connectivity index (χ0n) is 13.8. The van der Waals surface area contributed by atoms with Gasteiger partial charge in [-0.2, -0.15) is 0 Å². The Labute approximate surface area is 132 Å². The molecular weight excluding hydrogens is 276 g/mol. The summed E-state index contributed by atoms with van der Waals surface area (Å²) in [6.45, 7) is 8.38. The van der Waals surface area contributed by atoms with E-state index in [1.807, 2.05) is 25.7 Å². The topological polar surface area (TPSA) is 41.6 Å². The summed E-state index contributed by atoms with van der Waals surface area (Å²) in [5, 5.41) is 3.51. The van der Waals surface area contributed by atoms with E-state index in [1.165, 1.54) is 11.3 Å². The zero-order chi connectivity index (χ0) is 15.7. The van der Waals surface area contributed by atoms with Gasteiger partial charge in [0.15, 0.2) is 0 Å². The largest absolute Gasteiger partial charge is 0.444 e. The maximum atomic E-state index is 12.1. The van der Waals surface area contributed by atoms with Gasteiger partial charge in [-0.3, -0.25) is 0 Å². The molecule has 0 saturated carbocycles. The molecule has 1 atom stereocenters. The van der Waals surface area contributed by atoms with Crippen molar-refractivity contribution in [2.75, 3.05) is 25.0 Å². The molecule has 1 N–H and O–H groups in total. The van der Waals surface area contributed by atoms with Crippen LogP contribution in [0.25, 0.3) is 0 Å². The smallest absolute Gasteiger partial charge is 0.410 e. The van der Waals surface area contributed by atoms with Gasteiger partial charge in [0, 0.05) is 31.2 Å². The summed E-state index contributed by atoms with van der Waals surface area (Å²) in [4.78, 5) is 14.0. The highest BCUT2D eigenvalue weighted by molar-refractivity contribution is 5.68. The normalized spacial score (nSPS) is 22.1. The van der Waals surface area contributed by atoms with E-state index in [0.717, 1.165) is 32.5 Å². The number of fused-ring (bicyclic) bond motifs is 1. The molecule has 120 valence electrons. The van der Waals surface area contributed by atoms with Crippen molar-refractivity contribution in [3.05, 3.63) is 29.8 Å². The lowest BCUT2D eigenvalue weighted by Crippen LogP contribution is -2.42. The summed E-state index contributed by atoms with van der Waals surface area (Å²) >= 11 is 0. The molecule has 2 heterocycles. The Bertz CT molecular complexity index is 542. The SMILES string of the molecule is CC(C)(C)OC(=O)N1CCC([C@H]2CNc3ccccc32)CC1. The number of carbonyl (C=O) groups excluding carboxylic acids is 1. The Kier molecular flexibility index (Phi) is 4.02.